The summed E-state index contributed by atoms with van der Waals surface area (Å²) in [4.78, 5) is 21.8. The Morgan fingerprint density at radius 3 is 2.66 bits per heavy atom. The van der Waals surface area contributed by atoms with Crippen molar-refractivity contribution >= 4 is 56.6 Å². The number of thiazole rings is 1. The minimum Gasteiger partial charge on any atom is -0.454 e. The molecular weight excluding hydrogens is 433 g/mol. The summed E-state index contributed by atoms with van der Waals surface area (Å²) in [7, 11) is 3.95. The Labute approximate surface area is 184 Å². The highest BCUT2D eigenvalue weighted by Gasteiger charge is 2.24. The molecule has 1 aliphatic rings. The number of ether oxygens (including phenoxy) is 2. The molecule has 154 valence electrons. The molecule has 9 heteroatoms. The van der Waals surface area contributed by atoms with Crippen molar-refractivity contribution in [3.05, 3.63) is 46.5 Å². The summed E-state index contributed by atoms with van der Waals surface area (Å²) in [5.41, 5.74) is 2.40. The highest BCUT2D eigenvalue weighted by atomic mass is 35.5. The minimum atomic E-state index is -0.131. The van der Waals surface area contributed by atoms with Crippen LogP contribution in [0.2, 0.25) is 5.02 Å². The molecule has 1 amide bonds. The first-order valence-electron chi connectivity index (χ1n) is 8.86. The smallest absolute Gasteiger partial charge is 0.260 e. The van der Waals surface area contributed by atoms with Crippen LogP contribution in [0.3, 0.4) is 0 Å². The molecule has 0 bridgehead atoms. The maximum absolute atomic E-state index is 13.3. The number of benzene rings is 2. The second-order valence-electron chi connectivity index (χ2n) is 6.87. The van der Waals surface area contributed by atoms with E-state index in [9.17, 15) is 4.79 Å². The molecule has 29 heavy (non-hydrogen) atoms. The van der Waals surface area contributed by atoms with Gasteiger partial charge in [-0.15, -0.1) is 12.4 Å². The standard InChI is InChI=1S/C20H20ClN3O3S.ClH/c1-12-4-6-14(21)18-17(12)22-20(28-18)24(9-8-23(2)3)19(25)13-5-7-15-16(10-13)27-11-26-15;/h4-7,10H,8-9,11H2,1-3H3;1H. The summed E-state index contributed by atoms with van der Waals surface area (Å²) in [6, 6.07) is 9.05. The second-order valence-corrected chi connectivity index (χ2v) is 8.25. The Kier molecular flexibility index (Phi) is 6.53. The van der Waals surface area contributed by atoms with Gasteiger partial charge in [-0.05, 0) is 50.8 Å². The van der Waals surface area contributed by atoms with E-state index in [1.165, 1.54) is 11.3 Å². The Morgan fingerprint density at radius 2 is 1.93 bits per heavy atom. The molecule has 0 radical (unpaired) electrons. The number of fused-ring (bicyclic) bond motifs is 2. The number of amides is 1. The number of anilines is 1. The van der Waals surface area contributed by atoms with E-state index in [0.717, 1.165) is 15.8 Å². The molecule has 2 heterocycles. The van der Waals surface area contributed by atoms with E-state index in [1.54, 1.807) is 23.1 Å². The summed E-state index contributed by atoms with van der Waals surface area (Å²) < 4.78 is 11.7. The number of carbonyl (C=O) groups is 1. The highest BCUT2D eigenvalue weighted by molar-refractivity contribution is 7.23. The Morgan fingerprint density at radius 1 is 1.17 bits per heavy atom. The van der Waals surface area contributed by atoms with Gasteiger partial charge in [0.2, 0.25) is 6.79 Å². The summed E-state index contributed by atoms with van der Waals surface area (Å²) in [5, 5.41) is 1.28. The first-order chi connectivity index (χ1) is 13.4. The highest BCUT2D eigenvalue weighted by Crippen LogP contribution is 2.37. The zero-order valence-corrected chi connectivity index (χ0v) is 18.7. The van der Waals surface area contributed by atoms with Crippen molar-refractivity contribution in [1.82, 2.24) is 9.88 Å². The van der Waals surface area contributed by atoms with Crippen LogP contribution in [0, 0.1) is 6.92 Å². The quantitative estimate of drug-likeness (QED) is 0.563. The molecule has 0 N–H and O–H groups in total. The SMILES string of the molecule is Cc1ccc(Cl)c2sc(N(CCN(C)C)C(=O)c3ccc4c(c3)OCO4)nc12.Cl. The summed E-state index contributed by atoms with van der Waals surface area (Å²) in [6.07, 6.45) is 0. The Balaban J connectivity index is 0.00000240. The van der Waals surface area contributed by atoms with Crippen molar-refractivity contribution in [3.63, 3.8) is 0 Å². The van der Waals surface area contributed by atoms with Crippen molar-refractivity contribution in [1.29, 1.82) is 0 Å². The number of likely N-dealkylation sites (N-methyl/N-ethyl adjacent to an activating group) is 1. The van der Waals surface area contributed by atoms with Gasteiger partial charge in [0, 0.05) is 18.7 Å². The maximum atomic E-state index is 13.3. The van der Waals surface area contributed by atoms with Crippen molar-refractivity contribution in [2.24, 2.45) is 0 Å². The lowest BCUT2D eigenvalue weighted by molar-refractivity contribution is 0.0984. The fourth-order valence-electron chi connectivity index (χ4n) is 2.98. The van der Waals surface area contributed by atoms with Crippen LogP contribution in [0.4, 0.5) is 5.13 Å². The maximum Gasteiger partial charge on any atom is 0.260 e. The molecule has 1 aromatic heterocycles. The molecule has 4 rings (SSSR count). The van der Waals surface area contributed by atoms with E-state index in [1.807, 2.05) is 38.1 Å². The first kappa shape index (κ1) is 21.6. The molecule has 1 aliphatic heterocycles. The molecule has 0 unspecified atom stereocenters. The van der Waals surface area contributed by atoms with Crippen LogP contribution in [0.1, 0.15) is 15.9 Å². The van der Waals surface area contributed by atoms with Crippen molar-refractivity contribution in [2.45, 2.75) is 6.92 Å². The predicted octanol–water partition coefficient (Wildman–Crippen LogP) is 4.62. The van der Waals surface area contributed by atoms with Gasteiger partial charge in [-0.2, -0.15) is 0 Å². The number of aromatic nitrogens is 1. The molecule has 2 aromatic carbocycles. The van der Waals surface area contributed by atoms with Crippen LogP contribution in [0.5, 0.6) is 11.5 Å². The zero-order valence-electron chi connectivity index (χ0n) is 16.3. The van der Waals surface area contributed by atoms with Crippen LogP contribution in [0.15, 0.2) is 30.3 Å². The minimum absolute atomic E-state index is 0. The van der Waals surface area contributed by atoms with Crippen LogP contribution >= 0.6 is 35.3 Å². The molecule has 3 aromatic rings. The molecule has 0 saturated heterocycles. The normalized spacial score (nSPS) is 12.3. The Bertz CT molecular complexity index is 1020. The number of aryl methyl sites for hydroxylation is 1. The lowest BCUT2D eigenvalue weighted by atomic mass is 10.1. The van der Waals surface area contributed by atoms with Crippen molar-refractivity contribution in [3.8, 4) is 11.5 Å². The van der Waals surface area contributed by atoms with Crippen LogP contribution < -0.4 is 14.4 Å². The van der Waals surface area contributed by atoms with E-state index in [4.69, 9.17) is 26.1 Å². The van der Waals surface area contributed by atoms with Gasteiger partial charge in [0.15, 0.2) is 16.6 Å². The lowest BCUT2D eigenvalue weighted by Gasteiger charge is -2.22. The van der Waals surface area contributed by atoms with Gasteiger partial charge in [-0.1, -0.05) is 29.0 Å². The average Bonchev–Trinajstić information content (AvgIpc) is 3.31. The van der Waals surface area contributed by atoms with Gasteiger partial charge >= 0.3 is 0 Å². The van der Waals surface area contributed by atoms with Crippen LogP contribution in [-0.4, -0.2) is 49.8 Å². The molecule has 0 atom stereocenters. The lowest BCUT2D eigenvalue weighted by Crippen LogP contribution is -2.36. The molecule has 0 spiro atoms. The number of halogens is 2. The van der Waals surface area contributed by atoms with Gasteiger partial charge in [0.05, 0.1) is 15.2 Å². The zero-order chi connectivity index (χ0) is 19.8. The summed E-state index contributed by atoms with van der Waals surface area (Å²) >= 11 is 7.80. The number of rotatable bonds is 5. The summed E-state index contributed by atoms with van der Waals surface area (Å²) in [6.45, 7) is 3.38. The third kappa shape index (κ3) is 4.28. The second kappa shape index (κ2) is 8.75. The van der Waals surface area contributed by atoms with Gasteiger partial charge in [-0.25, -0.2) is 4.98 Å². The van der Waals surface area contributed by atoms with Gasteiger partial charge in [-0.3, -0.25) is 9.69 Å². The van der Waals surface area contributed by atoms with E-state index >= 15 is 0 Å². The molecule has 0 saturated carbocycles. The van der Waals surface area contributed by atoms with E-state index in [-0.39, 0.29) is 25.1 Å². The van der Waals surface area contributed by atoms with Crippen LogP contribution in [0.25, 0.3) is 10.2 Å². The fourth-order valence-corrected chi connectivity index (χ4v) is 4.32. The number of carbonyl (C=O) groups excluding carboxylic acids is 1. The molecule has 0 fully saturated rings. The largest absolute Gasteiger partial charge is 0.454 e. The third-order valence-corrected chi connectivity index (χ3v) is 6.09. The topological polar surface area (TPSA) is 54.9 Å². The van der Waals surface area contributed by atoms with Crippen molar-refractivity contribution in [2.75, 3.05) is 38.9 Å². The van der Waals surface area contributed by atoms with Gasteiger partial charge < -0.3 is 14.4 Å². The predicted molar refractivity (Wildman–Crippen MR) is 119 cm³/mol. The first-order valence-corrected chi connectivity index (χ1v) is 10.1. The average molecular weight is 454 g/mol. The van der Waals surface area contributed by atoms with Gasteiger partial charge in [0.25, 0.3) is 5.91 Å². The van der Waals surface area contributed by atoms with E-state index < -0.39 is 0 Å². The molecular formula is C20H21Cl2N3O3S. The monoisotopic (exact) mass is 453 g/mol. The molecule has 0 aliphatic carbocycles. The van der Waals surface area contributed by atoms with Crippen molar-refractivity contribution < 1.29 is 14.3 Å². The Hall–Kier alpha value is -2.06. The summed E-state index contributed by atoms with van der Waals surface area (Å²) in [5.74, 6) is 1.10. The number of hydrogen-bond donors (Lipinski definition) is 0. The third-order valence-electron chi connectivity index (χ3n) is 4.55. The molecule has 6 nitrogen and oxygen atoms in total. The van der Waals surface area contributed by atoms with Gasteiger partial charge in [0.1, 0.15) is 0 Å². The van der Waals surface area contributed by atoms with Crippen LogP contribution in [-0.2, 0) is 0 Å². The van der Waals surface area contributed by atoms with E-state index in [0.29, 0.717) is 40.3 Å². The fraction of sp³-hybridized carbons (Fsp3) is 0.300. The number of nitrogens with zero attached hydrogens (tertiary/aromatic N) is 3. The number of hydrogen-bond acceptors (Lipinski definition) is 6. The van der Waals surface area contributed by atoms with E-state index in [2.05, 4.69) is 0 Å².